The molecule has 8 heteroatoms. The van der Waals surface area contributed by atoms with E-state index < -0.39 is 0 Å². The lowest BCUT2D eigenvalue weighted by molar-refractivity contribution is 0.0774. The Labute approximate surface area is 209 Å². The molecule has 4 aromatic rings. The van der Waals surface area contributed by atoms with Crippen LogP contribution in [0.25, 0.3) is 11.0 Å². The summed E-state index contributed by atoms with van der Waals surface area (Å²) in [7, 11) is 0. The summed E-state index contributed by atoms with van der Waals surface area (Å²) in [4.78, 5) is 25.0. The highest BCUT2D eigenvalue weighted by atomic mass is 16.5. The third-order valence-corrected chi connectivity index (χ3v) is 5.66. The van der Waals surface area contributed by atoms with Crippen molar-refractivity contribution < 1.29 is 23.5 Å². The number of rotatable bonds is 10. The zero-order chi connectivity index (χ0) is 25.5. The molecule has 0 spiro atoms. The minimum Gasteiger partial charge on any atom is -0.492 e. The van der Waals surface area contributed by atoms with Crippen LogP contribution in [0.15, 0.2) is 77.2 Å². The molecule has 36 heavy (non-hydrogen) atoms. The van der Waals surface area contributed by atoms with Gasteiger partial charge in [-0.1, -0.05) is 24.3 Å². The number of nitrogens with two attached hydrogens (primary N) is 1. The van der Waals surface area contributed by atoms with Gasteiger partial charge >= 0.3 is 0 Å². The first-order valence-corrected chi connectivity index (χ1v) is 11.8. The normalized spacial score (nSPS) is 11.7. The van der Waals surface area contributed by atoms with Gasteiger partial charge in [-0.3, -0.25) is 9.59 Å². The van der Waals surface area contributed by atoms with Crippen molar-refractivity contribution in [2.75, 3.05) is 30.8 Å². The third-order valence-electron chi connectivity index (χ3n) is 5.66. The van der Waals surface area contributed by atoms with Gasteiger partial charge < -0.3 is 30.3 Å². The molecule has 0 aliphatic rings. The Bertz CT molecular complexity index is 1350. The minimum atomic E-state index is -0.322. The van der Waals surface area contributed by atoms with E-state index in [0.29, 0.717) is 34.9 Å². The summed E-state index contributed by atoms with van der Waals surface area (Å²) in [6, 6.07) is 21.2. The fourth-order valence-corrected chi connectivity index (χ4v) is 3.82. The largest absolute Gasteiger partial charge is 0.492 e. The van der Waals surface area contributed by atoms with Gasteiger partial charge in [0.05, 0.1) is 24.0 Å². The van der Waals surface area contributed by atoms with Gasteiger partial charge in [-0.15, -0.1) is 0 Å². The van der Waals surface area contributed by atoms with Crippen LogP contribution in [0.1, 0.15) is 46.4 Å². The molecule has 4 N–H and O–H groups in total. The van der Waals surface area contributed by atoms with E-state index in [4.69, 9.17) is 19.6 Å². The molecular formula is C28H29N3O5. The molecule has 2 amide bonds. The van der Waals surface area contributed by atoms with E-state index in [1.807, 2.05) is 32.0 Å². The monoisotopic (exact) mass is 487 g/mol. The zero-order valence-electron chi connectivity index (χ0n) is 20.2. The molecule has 8 nitrogen and oxygen atoms in total. The predicted molar refractivity (Wildman–Crippen MR) is 139 cm³/mol. The van der Waals surface area contributed by atoms with Crippen molar-refractivity contribution >= 4 is 34.2 Å². The Balaban J connectivity index is 1.28. The number of carbonyl (C=O) groups excluding carboxylic acids is 2. The minimum absolute atomic E-state index is 0.102. The van der Waals surface area contributed by atoms with Crippen molar-refractivity contribution in [1.29, 1.82) is 0 Å². The smallest absolute Gasteiger partial charge is 0.287 e. The van der Waals surface area contributed by atoms with Gasteiger partial charge in [0.1, 0.15) is 17.9 Å². The molecular weight excluding hydrogens is 458 g/mol. The summed E-state index contributed by atoms with van der Waals surface area (Å²) >= 11 is 0. The van der Waals surface area contributed by atoms with E-state index in [1.165, 1.54) is 0 Å². The van der Waals surface area contributed by atoms with Crippen LogP contribution in [0, 0.1) is 0 Å². The van der Waals surface area contributed by atoms with Crippen molar-refractivity contribution in [2.45, 2.75) is 20.0 Å². The fraction of sp³-hybridized carbons (Fsp3) is 0.214. The highest BCUT2D eigenvalue weighted by Gasteiger charge is 2.17. The second-order valence-electron chi connectivity index (χ2n) is 8.14. The third kappa shape index (κ3) is 5.84. The topological polar surface area (TPSA) is 116 Å². The summed E-state index contributed by atoms with van der Waals surface area (Å²) in [6.07, 6.45) is -0.102. The molecule has 0 aliphatic carbocycles. The zero-order valence-corrected chi connectivity index (χ0v) is 20.2. The Hall–Kier alpha value is -4.30. The molecule has 1 aromatic heterocycles. The number of fused-ring (bicyclic) bond motifs is 1. The van der Waals surface area contributed by atoms with Crippen LogP contribution in [-0.2, 0) is 4.74 Å². The van der Waals surface area contributed by atoms with Crippen LogP contribution in [0.2, 0.25) is 0 Å². The number of nitrogen functional groups attached to an aromatic ring is 1. The number of para-hydroxylation sites is 2. The van der Waals surface area contributed by atoms with E-state index in [-0.39, 0.29) is 36.8 Å². The summed E-state index contributed by atoms with van der Waals surface area (Å²) in [5.74, 6) is 0.224. The average Bonchev–Trinajstić information content (AvgIpc) is 3.33. The molecule has 0 radical (unpaired) electrons. The number of nitrogens with one attached hydrogen (secondary N) is 2. The lowest BCUT2D eigenvalue weighted by Crippen LogP contribution is -2.27. The van der Waals surface area contributed by atoms with Gasteiger partial charge in [-0.05, 0) is 67.9 Å². The second kappa shape index (κ2) is 11.4. The fourth-order valence-electron chi connectivity index (χ4n) is 3.82. The number of hydrogen-bond acceptors (Lipinski definition) is 6. The highest BCUT2D eigenvalue weighted by Crippen LogP contribution is 2.29. The van der Waals surface area contributed by atoms with E-state index >= 15 is 0 Å². The summed E-state index contributed by atoms with van der Waals surface area (Å²) < 4.78 is 17.1. The number of hydrogen-bond donors (Lipinski definition) is 3. The molecule has 0 fully saturated rings. The first-order valence-electron chi connectivity index (χ1n) is 11.8. The van der Waals surface area contributed by atoms with Gasteiger partial charge in [0.25, 0.3) is 11.8 Å². The molecule has 1 unspecified atom stereocenters. The number of carbonyl (C=O) groups is 2. The van der Waals surface area contributed by atoms with E-state index in [2.05, 4.69) is 10.6 Å². The molecule has 3 aromatic carbocycles. The van der Waals surface area contributed by atoms with E-state index in [0.717, 1.165) is 10.9 Å². The molecule has 1 heterocycles. The molecule has 4 rings (SSSR count). The summed E-state index contributed by atoms with van der Waals surface area (Å²) in [6.45, 7) is 5.06. The standard InChI is InChI=1S/C28H29N3O5/c1-3-34-18(2)21-7-6-10-25-22(21)17-26(36-25)28(33)30-15-16-35-20-13-11-19(12-14-20)27(32)31-24-9-5-4-8-23(24)29/h4-14,17-18H,3,15-16,29H2,1-2H3,(H,30,33)(H,31,32). The van der Waals surface area contributed by atoms with Crippen LogP contribution < -0.4 is 21.1 Å². The number of anilines is 2. The van der Waals surface area contributed by atoms with Crippen LogP contribution in [0.4, 0.5) is 11.4 Å². The van der Waals surface area contributed by atoms with Crippen molar-refractivity contribution in [3.63, 3.8) is 0 Å². The lowest BCUT2D eigenvalue weighted by atomic mass is 10.1. The highest BCUT2D eigenvalue weighted by molar-refractivity contribution is 6.05. The number of furan rings is 1. The van der Waals surface area contributed by atoms with E-state index in [9.17, 15) is 9.59 Å². The molecule has 0 aliphatic heterocycles. The molecule has 0 bridgehead atoms. The summed E-state index contributed by atoms with van der Waals surface area (Å²) in [5.41, 5.74) is 9.01. The number of benzene rings is 3. The Morgan fingerprint density at radius 2 is 1.78 bits per heavy atom. The SMILES string of the molecule is CCOC(C)c1cccc2oc(C(=O)NCCOc3ccc(C(=O)Nc4ccccc4N)cc3)cc12. The molecule has 1 atom stereocenters. The molecule has 186 valence electrons. The maximum Gasteiger partial charge on any atom is 0.287 e. The van der Waals surface area contributed by atoms with Gasteiger partial charge in [-0.2, -0.15) is 0 Å². The Morgan fingerprint density at radius 3 is 2.53 bits per heavy atom. The second-order valence-corrected chi connectivity index (χ2v) is 8.14. The van der Waals surface area contributed by atoms with E-state index in [1.54, 1.807) is 54.6 Å². The lowest BCUT2D eigenvalue weighted by Gasteiger charge is -2.12. The number of amides is 2. The van der Waals surface area contributed by atoms with Crippen LogP contribution >= 0.6 is 0 Å². The first-order chi connectivity index (χ1) is 17.5. The van der Waals surface area contributed by atoms with Gasteiger partial charge in [0.15, 0.2) is 5.76 Å². The average molecular weight is 488 g/mol. The van der Waals surface area contributed by atoms with Crippen LogP contribution in [-0.4, -0.2) is 31.6 Å². The summed E-state index contributed by atoms with van der Waals surface area (Å²) in [5, 5.41) is 6.44. The number of ether oxygens (including phenoxy) is 2. The van der Waals surface area contributed by atoms with Crippen LogP contribution in [0.3, 0.4) is 0 Å². The van der Waals surface area contributed by atoms with Crippen LogP contribution in [0.5, 0.6) is 5.75 Å². The first kappa shape index (κ1) is 24.8. The van der Waals surface area contributed by atoms with Gasteiger partial charge in [-0.25, -0.2) is 0 Å². The molecule has 0 saturated carbocycles. The van der Waals surface area contributed by atoms with Crippen molar-refractivity contribution in [1.82, 2.24) is 5.32 Å². The van der Waals surface area contributed by atoms with Gasteiger partial charge in [0, 0.05) is 17.6 Å². The van der Waals surface area contributed by atoms with Crippen molar-refractivity contribution in [3.05, 3.63) is 89.7 Å². The van der Waals surface area contributed by atoms with Crippen molar-refractivity contribution in [2.24, 2.45) is 0 Å². The Kier molecular flexibility index (Phi) is 7.87. The maximum atomic E-state index is 12.6. The van der Waals surface area contributed by atoms with Crippen molar-refractivity contribution in [3.8, 4) is 5.75 Å². The Morgan fingerprint density at radius 1 is 1.00 bits per heavy atom. The predicted octanol–water partition coefficient (Wildman–Crippen LogP) is 5.17. The molecule has 0 saturated heterocycles. The van der Waals surface area contributed by atoms with Gasteiger partial charge in [0.2, 0.25) is 0 Å². The maximum absolute atomic E-state index is 12.6. The quantitative estimate of drug-likeness (QED) is 0.210.